The van der Waals surface area contributed by atoms with Crippen LogP contribution in [0.3, 0.4) is 0 Å². The fraction of sp³-hybridized carbons (Fsp3) is 0. The van der Waals surface area contributed by atoms with Gasteiger partial charge in [-0.3, -0.25) is 0 Å². The molecule has 0 aliphatic rings. The van der Waals surface area contributed by atoms with Crippen LogP contribution >= 0.6 is 23.2 Å². The summed E-state index contributed by atoms with van der Waals surface area (Å²) in [5, 5.41) is 1.00. The zero-order chi connectivity index (χ0) is 10.8. The van der Waals surface area contributed by atoms with Crippen LogP contribution in [-0.2, 0) is 0 Å². The highest BCUT2D eigenvalue weighted by atomic mass is 35.5. The third-order valence-electron chi connectivity index (χ3n) is 1.92. The molecule has 1 aromatic carbocycles. The van der Waals surface area contributed by atoms with E-state index >= 15 is 0 Å². The van der Waals surface area contributed by atoms with Gasteiger partial charge in [0, 0.05) is 10.6 Å². The summed E-state index contributed by atoms with van der Waals surface area (Å²) in [6.07, 6.45) is 0. The van der Waals surface area contributed by atoms with Gasteiger partial charge in [0.1, 0.15) is 0 Å². The van der Waals surface area contributed by atoms with Gasteiger partial charge in [-0.05, 0) is 30.3 Å². The Hall–Kier alpha value is -1.12. The molecule has 2 aromatic rings. The van der Waals surface area contributed by atoms with Gasteiger partial charge in [-0.15, -0.1) is 0 Å². The Bertz CT molecular complexity index is 500. The van der Waals surface area contributed by atoms with Crippen LogP contribution in [0.1, 0.15) is 0 Å². The van der Waals surface area contributed by atoms with Crippen molar-refractivity contribution < 1.29 is 4.39 Å². The number of aromatic nitrogens is 1. The summed E-state index contributed by atoms with van der Waals surface area (Å²) in [4.78, 5) is 3.74. The second kappa shape index (κ2) is 4.17. The van der Waals surface area contributed by atoms with Crippen molar-refractivity contribution in [2.45, 2.75) is 0 Å². The Balaban J connectivity index is 2.54. The molecule has 0 bridgehead atoms. The van der Waals surface area contributed by atoms with Gasteiger partial charge >= 0.3 is 0 Å². The highest BCUT2D eigenvalue weighted by molar-refractivity contribution is 6.36. The summed E-state index contributed by atoms with van der Waals surface area (Å²) in [6, 6.07) is 9.57. The van der Waals surface area contributed by atoms with E-state index in [9.17, 15) is 4.39 Å². The quantitative estimate of drug-likeness (QED) is 0.683. The van der Waals surface area contributed by atoms with E-state index < -0.39 is 5.95 Å². The average molecular weight is 242 g/mol. The number of pyridine rings is 1. The molecule has 0 saturated heterocycles. The number of hydrogen-bond donors (Lipinski definition) is 0. The van der Waals surface area contributed by atoms with E-state index in [0.717, 1.165) is 0 Å². The molecule has 0 radical (unpaired) electrons. The Morgan fingerprint density at radius 3 is 2.53 bits per heavy atom. The minimum absolute atomic E-state index is 0.459. The van der Waals surface area contributed by atoms with E-state index in [2.05, 4.69) is 4.98 Å². The van der Waals surface area contributed by atoms with E-state index in [1.165, 1.54) is 6.07 Å². The second-order valence-corrected chi connectivity index (χ2v) is 3.81. The van der Waals surface area contributed by atoms with Crippen molar-refractivity contribution in [2.24, 2.45) is 0 Å². The number of halogens is 3. The Kier molecular flexibility index (Phi) is 2.89. The van der Waals surface area contributed by atoms with Gasteiger partial charge < -0.3 is 0 Å². The third-order valence-corrected chi connectivity index (χ3v) is 2.47. The van der Waals surface area contributed by atoms with Gasteiger partial charge in [0.15, 0.2) is 0 Å². The zero-order valence-corrected chi connectivity index (χ0v) is 9.06. The molecule has 0 fully saturated rings. The van der Waals surface area contributed by atoms with Gasteiger partial charge in [-0.25, -0.2) is 4.98 Å². The molecule has 2 rings (SSSR count). The van der Waals surface area contributed by atoms with Crippen molar-refractivity contribution in [2.75, 3.05) is 0 Å². The fourth-order valence-electron chi connectivity index (χ4n) is 1.26. The molecule has 4 heteroatoms. The predicted molar refractivity (Wildman–Crippen MR) is 59.7 cm³/mol. The van der Waals surface area contributed by atoms with Gasteiger partial charge in [0.2, 0.25) is 5.95 Å². The molecule has 1 aromatic heterocycles. The summed E-state index contributed by atoms with van der Waals surface area (Å²) in [5.74, 6) is -0.529. The Labute approximate surface area is 96.5 Å². The van der Waals surface area contributed by atoms with E-state index in [1.807, 2.05) is 0 Å². The molecule has 1 nitrogen and oxygen atoms in total. The van der Waals surface area contributed by atoms with Crippen molar-refractivity contribution in [1.29, 1.82) is 0 Å². The molecular formula is C11H6Cl2FN. The van der Waals surface area contributed by atoms with E-state index in [4.69, 9.17) is 23.2 Å². The first-order chi connectivity index (χ1) is 7.16. The maximum absolute atomic E-state index is 12.9. The fourth-order valence-corrected chi connectivity index (χ4v) is 1.76. The molecule has 0 amide bonds. The van der Waals surface area contributed by atoms with Gasteiger partial charge in [0.25, 0.3) is 0 Å². The van der Waals surface area contributed by atoms with Crippen LogP contribution in [0.2, 0.25) is 10.0 Å². The van der Waals surface area contributed by atoms with Gasteiger partial charge in [0.05, 0.1) is 10.7 Å². The summed E-state index contributed by atoms with van der Waals surface area (Å²) >= 11 is 11.7. The van der Waals surface area contributed by atoms with Crippen LogP contribution in [0.15, 0.2) is 36.4 Å². The monoisotopic (exact) mass is 241 g/mol. The molecule has 76 valence electrons. The summed E-state index contributed by atoms with van der Waals surface area (Å²) < 4.78 is 12.9. The molecule has 0 unspecified atom stereocenters. The molecule has 0 N–H and O–H groups in total. The van der Waals surface area contributed by atoms with Crippen molar-refractivity contribution >= 4 is 23.2 Å². The zero-order valence-electron chi connectivity index (χ0n) is 7.55. The van der Waals surface area contributed by atoms with Crippen LogP contribution < -0.4 is 0 Å². The van der Waals surface area contributed by atoms with E-state index in [-0.39, 0.29) is 0 Å². The van der Waals surface area contributed by atoms with Crippen LogP contribution in [0, 0.1) is 5.95 Å². The van der Waals surface area contributed by atoms with Crippen LogP contribution in [0.5, 0.6) is 0 Å². The first kappa shape index (κ1) is 10.4. The third kappa shape index (κ3) is 2.28. The topological polar surface area (TPSA) is 12.9 Å². The second-order valence-electron chi connectivity index (χ2n) is 2.97. The van der Waals surface area contributed by atoms with Gasteiger partial charge in [-0.1, -0.05) is 29.3 Å². The summed E-state index contributed by atoms with van der Waals surface area (Å²) in [5.41, 5.74) is 1.16. The largest absolute Gasteiger partial charge is 0.220 e. The first-order valence-corrected chi connectivity index (χ1v) is 5.00. The van der Waals surface area contributed by atoms with Crippen LogP contribution in [-0.4, -0.2) is 4.98 Å². The molecule has 1 heterocycles. The summed E-state index contributed by atoms with van der Waals surface area (Å²) in [6.45, 7) is 0. The number of nitrogens with zero attached hydrogens (tertiary/aromatic N) is 1. The van der Waals surface area contributed by atoms with Gasteiger partial charge in [-0.2, -0.15) is 4.39 Å². The van der Waals surface area contributed by atoms with Crippen molar-refractivity contribution in [3.05, 3.63) is 52.4 Å². The molecule has 0 atom stereocenters. The molecule has 0 saturated carbocycles. The lowest BCUT2D eigenvalue weighted by molar-refractivity contribution is 0.585. The lowest BCUT2D eigenvalue weighted by atomic mass is 10.1. The summed E-state index contributed by atoms with van der Waals surface area (Å²) in [7, 11) is 0. The number of rotatable bonds is 1. The first-order valence-electron chi connectivity index (χ1n) is 4.25. The lowest BCUT2D eigenvalue weighted by Gasteiger charge is -2.03. The molecule has 0 aliphatic carbocycles. The smallest absolute Gasteiger partial charge is 0.213 e. The minimum atomic E-state index is -0.529. The highest BCUT2D eigenvalue weighted by Gasteiger charge is 2.05. The Morgan fingerprint density at radius 2 is 1.87 bits per heavy atom. The SMILES string of the molecule is Fc1cccc(-c2ccc(Cl)cc2Cl)n1. The predicted octanol–water partition coefficient (Wildman–Crippen LogP) is 4.19. The minimum Gasteiger partial charge on any atom is -0.220 e. The van der Waals surface area contributed by atoms with Crippen molar-refractivity contribution in [1.82, 2.24) is 4.98 Å². The number of hydrogen-bond acceptors (Lipinski definition) is 1. The van der Waals surface area contributed by atoms with Crippen molar-refractivity contribution in [3.63, 3.8) is 0 Å². The molecule has 15 heavy (non-hydrogen) atoms. The standard InChI is InChI=1S/C11H6Cl2FN/c12-7-4-5-8(9(13)6-7)10-2-1-3-11(14)15-10/h1-6H. The van der Waals surface area contributed by atoms with Crippen LogP contribution in [0.25, 0.3) is 11.3 Å². The average Bonchev–Trinajstić information content (AvgIpc) is 2.17. The highest BCUT2D eigenvalue weighted by Crippen LogP contribution is 2.28. The maximum Gasteiger partial charge on any atom is 0.213 e. The Morgan fingerprint density at radius 1 is 1.07 bits per heavy atom. The number of benzene rings is 1. The van der Waals surface area contributed by atoms with Crippen LogP contribution in [0.4, 0.5) is 4.39 Å². The van der Waals surface area contributed by atoms with E-state index in [0.29, 0.717) is 21.3 Å². The molecule has 0 spiro atoms. The van der Waals surface area contributed by atoms with Crippen molar-refractivity contribution in [3.8, 4) is 11.3 Å². The van der Waals surface area contributed by atoms with E-state index in [1.54, 1.807) is 30.3 Å². The normalized spacial score (nSPS) is 10.3. The maximum atomic E-state index is 12.9. The molecule has 0 aliphatic heterocycles. The lowest BCUT2D eigenvalue weighted by Crippen LogP contribution is -1.87. The molecular weight excluding hydrogens is 236 g/mol.